The van der Waals surface area contributed by atoms with Crippen molar-refractivity contribution in [2.24, 2.45) is 0 Å². The van der Waals surface area contributed by atoms with Crippen molar-refractivity contribution in [1.82, 2.24) is 23.9 Å². The lowest BCUT2D eigenvalue weighted by atomic mass is 10.1. The lowest BCUT2D eigenvalue weighted by molar-refractivity contribution is 0.756. The maximum absolute atomic E-state index is 4.88. The maximum Gasteiger partial charge on any atom is 0.136 e. The highest BCUT2D eigenvalue weighted by atomic mass is 15.1. The van der Waals surface area contributed by atoms with E-state index < -0.39 is 0 Å². The van der Waals surface area contributed by atoms with E-state index in [2.05, 4.69) is 26.8 Å². The fourth-order valence-electron chi connectivity index (χ4n) is 3.36. The molecule has 0 fully saturated rings. The van der Waals surface area contributed by atoms with E-state index >= 15 is 0 Å². The highest BCUT2D eigenvalue weighted by Crippen LogP contribution is 2.34. The number of pyridine rings is 2. The molecule has 5 nitrogen and oxygen atoms in total. The number of aryl methyl sites for hydroxylation is 1. The first kappa shape index (κ1) is 12.6. The van der Waals surface area contributed by atoms with Crippen LogP contribution in [-0.2, 0) is 13.0 Å². The molecule has 0 radical (unpaired) electrons. The van der Waals surface area contributed by atoms with Crippen molar-refractivity contribution >= 4 is 5.65 Å². The molecule has 0 saturated heterocycles. The van der Waals surface area contributed by atoms with Crippen LogP contribution in [-0.4, -0.2) is 23.9 Å². The maximum atomic E-state index is 4.88. The minimum absolute atomic E-state index is 0.926. The number of fused-ring (bicyclic) bond motifs is 2. The number of rotatable bonds is 2. The van der Waals surface area contributed by atoms with Gasteiger partial charge in [0.05, 0.1) is 11.4 Å². The van der Waals surface area contributed by atoms with Gasteiger partial charge in [-0.2, -0.15) is 0 Å². The van der Waals surface area contributed by atoms with Crippen molar-refractivity contribution < 1.29 is 0 Å². The molecule has 0 atom stereocenters. The van der Waals surface area contributed by atoms with E-state index in [-0.39, 0.29) is 0 Å². The third-order valence-corrected chi connectivity index (χ3v) is 4.40. The monoisotopic (exact) mass is 301 g/mol. The summed E-state index contributed by atoms with van der Waals surface area (Å²) in [5.74, 6) is 1.16. The fraction of sp³-hybridized carbons (Fsp3) is 0.167. The van der Waals surface area contributed by atoms with Crippen molar-refractivity contribution in [2.45, 2.75) is 19.4 Å². The zero-order valence-corrected chi connectivity index (χ0v) is 12.6. The minimum Gasteiger partial charge on any atom is -0.327 e. The predicted octanol–water partition coefficient (Wildman–Crippen LogP) is 3.21. The molecule has 5 heterocycles. The van der Waals surface area contributed by atoms with Gasteiger partial charge in [-0.25, -0.2) is 9.97 Å². The van der Waals surface area contributed by atoms with Gasteiger partial charge >= 0.3 is 0 Å². The Balaban J connectivity index is 1.78. The highest BCUT2D eigenvalue weighted by molar-refractivity contribution is 5.77. The topological polar surface area (TPSA) is 48.0 Å². The number of imidazole rings is 2. The Morgan fingerprint density at radius 1 is 1.00 bits per heavy atom. The number of hydrogen-bond donors (Lipinski definition) is 0. The number of nitrogens with zero attached hydrogens (tertiary/aromatic N) is 5. The van der Waals surface area contributed by atoms with E-state index in [1.807, 2.05) is 47.3 Å². The Morgan fingerprint density at radius 2 is 2.00 bits per heavy atom. The van der Waals surface area contributed by atoms with E-state index in [0.717, 1.165) is 53.5 Å². The van der Waals surface area contributed by atoms with Crippen LogP contribution in [0, 0.1) is 0 Å². The molecule has 5 heteroatoms. The summed E-state index contributed by atoms with van der Waals surface area (Å²) in [5, 5.41) is 0. The summed E-state index contributed by atoms with van der Waals surface area (Å²) in [6.07, 6.45) is 9.93. The van der Waals surface area contributed by atoms with Crippen LogP contribution in [0.1, 0.15) is 12.2 Å². The Hall–Kier alpha value is -2.95. The SMILES string of the molecule is c1ccc(-c2nc3n(c2-c2ccc4nccn4c2)CCC3)nc1. The molecular weight excluding hydrogens is 286 g/mol. The summed E-state index contributed by atoms with van der Waals surface area (Å²) in [5.41, 5.74) is 5.16. The Bertz CT molecular complexity index is 997. The number of hydrogen-bond acceptors (Lipinski definition) is 3. The standard InChI is InChI=1S/C18H15N5/c1-2-8-19-14(4-1)17-18(23-10-3-5-16(23)21-17)13-6-7-15-20-9-11-22(15)12-13/h1-2,4,6-9,11-12H,3,5,10H2. The second kappa shape index (κ2) is 4.78. The highest BCUT2D eigenvalue weighted by Gasteiger charge is 2.23. The minimum atomic E-state index is 0.926. The van der Waals surface area contributed by atoms with Crippen molar-refractivity contribution in [1.29, 1.82) is 0 Å². The zero-order valence-electron chi connectivity index (χ0n) is 12.6. The van der Waals surface area contributed by atoms with E-state index in [1.165, 1.54) is 0 Å². The van der Waals surface area contributed by atoms with Gasteiger partial charge in [0.2, 0.25) is 0 Å². The lowest BCUT2D eigenvalue weighted by Crippen LogP contribution is -1.98. The molecule has 0 saturated carbocycles. The molecule has 0 N–H and O–H groups in total. The van der Waals surface area contributed by atoms with E-state index in [9.17, 15) is 0 Å². The third kappa shape index (κ3) is 1.90. The molecule has 4 aromatic rings. The van der Waals surface area contributed by atoms with Gasteiger partial charge in [0.15, 0.2) is 0 Å². The van der Waals surface area contributed by atoms with Gasteiger partial charge in [0, 0.05) is 43.3 Å². The smallest absolute Gasteiger partial charge is 0.136 e. The summed E-state index contributed by atoms with van der Waals surface area (Å²) >= 11 is 0. The first-order valence-corrected chi connectivity index (χ1v) is 7.84. The normalized spacial score (nSPS) is 13.6. The first-order chi connectivity index (χ1) is 11.4. The molecule has 4 aromatic heterocycles. The van der Waals surface area contributed by atoms with Gasteiger partial charge < -0.3 is 8.97 Å². The molecule has 1 aliphatic rings. The van der Waals surface area contributed by atoms with Crippen LogP contribution in [0.5, 0.6) is 0 Å². The molecule has 112 valence electrons. The second-order valence-electron chi connectivity index (χ2n) is 5.81. The van der Waals surface area contributed by atoms with Crippen molar-refractivity contribution in [2.75, 3.05) is 0 Å². The largest absolute Gasteiger partial charge is 0.327 e. The first-order valence-electron chi connectivity index (χ1n) is 7.84. The average molecular weight is 301 g/mol. The fourth-order valence-corrected chi connectivity index (χ4v) is 3.36. The second-order valence-corrected chi connectivity index (χ2v) is 5.81. The van der Waals surface area contributed by atoms with Crippen molar-refractivity contribution in [3.05, 3.63) is 60.9 Å². The van der Waals surface area contributed by atoms with E-state index in [1.54, 1.807) is 0 Å². The Kier molecular flexibility index (Phi) is 2.61. The van der Waals surface area contributed by atoms with Crippen LogP contribution in [0.4, 0.5) is 0 Å². The van der Waals surface area contributed by atoms with Crippen molar-refractivity contribution in [3.8, 4) is 22.6 Å². The molecule has 23 heavy (non-hydrogen) atoms. The van der Waals surface area contributed by atoms with Crippen LogP contribution in [0.15, 0.2) is 55.1 Å². The van der Waals surface area contributed by atoms with Crippen LogP contribution in [0.2, 0.25) is 0 Å². The molecule has 0 aromatic carbocycles. The van der Waals surface area contributed by atoms with E-state index in [0.29, 0.717) is 0 Å². The Labute approximate surface area is 133 Å². The molecule has 5 rings (SSSR count). The third-order valence-electron chi connectivity index (χ3n) is 4.40. The quantitative estimate of drug-likeness (QED) is 0.571. The predicted molar refractivity (Wildman–Crippen MR) is 88.0 cm³/mol. The summed E-state index contributed by atoms with van der Waals surface area (Å²) in [6, 6.07) is 10.1. The van der Waals surface area contributed by atoms with Crippen molar-refractivity contribution in [3.63, 3.8) is 0 Å². The lowest BCUT2D eigenvalue weighted by Gasteiger charge is -2.09. The average Bonchev–Trinajstić information content (AvgIpc) is 3.30. The van der Waals surface area contributed by atoms with Gasteiger partial charge in [-0.1, -0.05) is 6.07 Å². The van der Waals surface area contributed by atoms with Gasteiger partial charge in [0.1, 0.15) is 17.2 Å². The van der Waals surface area contributed by atoms with Gasteiger partial charge in [-0.15, -0.1) is 0 Å². The summed E-state index contributed by atoms with van der Waals surface area (Å²) < 4.78 is 4.38. The zero-order chi connectivity index (χ0) is 15.2. The Morgan fingerprint density at radius 3 is 2.91 bits per heavy atom. The summed E-state index contributed by atoms with van der Waals surface area (Å²) in [6.45, 7) is 1.02. The molecule has 1 aliphatic heterocycles. The molecule has 0 aliphatic carbocycles. The molecule has 0 amide bonds. The van der Waals surface area contributed by atoms with Gasteiger partial charge in [-0.05, 0) is 30.7 Å². The number of aromatic nitrogens is 5. The summed E-state index contributed by atoms with van der Waals surface area (Å²) in [4.78, 5) is 13.7. The van der Waals surface area contributed by atoms with Crippen LogP contribution in [0.3, 0.4) is 0 Å². The summed E-state index contributed by atoms with van der Waals surface area (Å²) in [7, 11) is 0. The van der Waals surface area contributed by atoms with Gasteiger partial charge in [-0.3, -0.25) is 4.98 Å². The molecule has 0 spiro atoms. The molecule has 0 bridgehead atoms. The van der Waals surface area contributed by atoms with Crippen LogP contribution >= 0.6 is 0 Å². The molecule has 0 unspecified atom stereocenters. The van der Waals surface area contributed by atoms with E-state index in [4.69, 9.17) is 4.98 Å². The molecular formula is C18H15N5. The van der Waals surface area contributed by atoms with Crippen LogP contribution in [0.25, 0.3) is 28.3 Å². The van der Waals surface area contributed by atoms with Crippen LogP contribution < -0.4 is 0 Å². The van der Waals surface area contributed by atoms with Gasteiger partial charge in [0.25, 0.3) is 0 Å².